The average molecular weight is 241 g/mol. The first-order valence-electron chi connectivity index (χ1n) is 5.52. The first-order valence-corrected chi connectivity index (χ1v) is 5.52. The summed E-state index contributed by atoms with van der Waals surface area (Å²) in [5.74, 6) is 0. The van der Waals surface area contributed by atoms with Crippen molar-refractivity contribution >= 4 is 0 Å². The first-order chi connectivity index (χ1) is 7.47. The zero-order valence-electron chi connectivity index (χ0n) is 9.18. The zero-order valence-corrected chi connectivity index (χ0v) is 9.18. The molecule has 1 aliphatic rings. The Labute approximate surface area is 93.1 Å². The van der Waals surface area contributed by atoms with Crippen LogP contribution in [-0.4, -0.2) is 31.7 Å². The van der Waals surface area contributed by atoms with Gasteiger partial charge in [0.25, 0.3) is 0 Å². The smallest absolute Gasteiger partial charge is 0.371 e. The number of halogens is 3. The van der Waals surface area contributed by atoms with Crippen LogP contribution in [0.3, 0.4) is 0 Å². The summed E-state index contributed by atoms with van der Waals surface area (Å²) >= 11 is 0. The number of alkyl halides is 3. The van der Waals surface area contributed by atoms with Crippen LogP contribution >= 0.6 is 0 Å². The van der Waals surface area contributed by atoms with E-state index < -0.39 is 18.6 Å². The van der Waals surface area contributed by atoms with E-state index in [1.165, 1.54) is 0 Å². The predicted molar refractivity (Wildman–Crippen MR) is 52.8 cm³/mol. The van der Waals surface area contributed by atoms with Gasteiger partial charge in [-0.3, -0.25) is 4.74 Å². The van der Waals surface area contributed by atoms with Crippen LogP contribution in [-0.2, 0) is 9.47 Å². The monoisotopic (exact) mass is 241 g/mol. The van der Waals surface area contributed by atoms with Crippen LogP contribution in [0.5, 0.6) is 0 Å². The van der Waals surface area contributed by atoms with Crippen molar-refractivity contribution in [2.45, 2.75) is 44.1 Å². The van der Waals surface area contributed by atoms with Gasteiger partial charge in [-0.1, -0.05) is 19.3 Å². The molecule has 0 atom stereocenters. The Morgan fingerprint density at radius 3 is 2.19 bits per heavy atom. The van der Waals surface area contributed by atoms with E-state index in [-0.39, 0.29) is 6.61 Å². The van der Waals surface area contributed by atoms with E-state index in [1.807, 2.05) is 0 Å². The van der Waals surface area contributed by atoms with Gasteiger partial charge in [-0.2, -0.15) is 0 Å². The molecule has 0 amide bonds. The van der Waals surface area contributed by atoms with Crippen LogP contribution in [0.25, 0.3) is 0 Å². The highest BCUT2D eigenvalue weighted by molar-refractivity contribution is 4.85. The summed E-state index contributed by atoms with van der Waals surface area (Å²) in [6.45, 7) is -0.166. The number of hydrogen-bond acceptors (Lipinski definition) is 3. The second-order valence-corrected chi connectivity index (χ2v) is 4.09. The zero-order chi connectivity index (χ0) is 12.1. The Kier molecular flexibility index (Phi) is 5.01. The van der Waals surface area contributed by atoms with Gasteiger partial charge in [-0.15, -0.1) is 13.2 Å². The van der Waals surface area contributed by atoms with Gasteiger partial charge < -0.3 is 10.5 Å². The molecule has 0 unspecified atom stereocenters. The molecule has 2 N–H and O–H groups in total. The van der Waals surface area contributed by atoms with Gasteiger partial charge in [0.15, 0.2) is 0 Å². The topological polar surface area (TPSA) is 44.5 Å². The van der Waals surface area contributed by atoms with Gasteiger partial charge >= 0.3 is 6.36 Å². The van der Waals surface area contributed by atoms with Crippen molar-refractivity contribution in [2.75, 3.05) is 19.8 Å². The van der Waals surface area contributed by atoms with E-state index >= 15 is 0 Å². The van der Waals surface area contributed by atoms with Gasteiger partial charge in [0.1, 0.15) is 0 Å². The second-order valence-electron chi connectivity index (χ2n) is 4.09. The molecule has 0 aromatic heterocycles. The summed E-state index contributed by atoms with van der Waals surface area (Å²) in [6.07, 6.45) is 0.273. The SMILES string of the molecule is NCC1(OCCOC(F)(F)F)CCCCC1. The standard InChI is InChI=1S/C10H18F3NO2/c11-10(12,13)16-7-6-15-9(8-14)4-2-1-3-5-9/h1-8,14H2. The van der Waals surface area contributed by atoms with Crippen LogP contribution in [0.15, 0.2) is 0 Å². The van der Waals surface area contributed by atoms with Gasteiger partial charge in [-0.25, -0.2) is 0 Å². The quantitative estimate of drug-likeness (QED) is 0.750. The number of nitrogens with two attached hydrogens (primary N) is 1. The number of hydrogen-bond donors (Lipinski definition) is 1. The van der Waals surface area contributed by atoms with Crippen molar-refractivity contribution in [3.05, 3.63) is 0 Å². The molecule has 0 aromatic carbocycles. The van der Waals surface area contributed by atoms with E-state index in [0.29, 0.717) is 6.54 Å². The Morgan fingerprint density at radius 1 is 1.06 bits per heavy atom. The van der Waals surface area contributed by atoms with E-state index in [1.54, 1.807) is 0 Å². The fourth-order valence-corrected chi connectivity index (χ4v) is 2.02. The molecule has 1 aliphatic carbocycles. The van der Waals surface area contributed by atoms with Crippen molar-refractivity contribution < 1.29 is 22.6 Å². The number of ether oxygens (including phenoxy) is 2. The molecule has 3 nitrogen and oxygen atoms in total. The Hall–Kier alpha value is -0.330. The maximum absolute atomic E-state index is 11.7. The molecule has 1 rings (SSSR count). The van der Waals surface area contributed by atoms with E-state index in [4.69, 9.17) is 10.5 Å². The fraction of sp³-hybridized carbons (Fsp3) is 1.00. The lowest BCUT2D eigenvalue weighted by atomic mass is 9.85. The van der Waals surface area contributed by atoms with Crippen LogP contribution < -0.4 is 5.73 Å². The van der Waals surface area contributed by atoms with E-state index in [9.17, 15) is 13.2 Å². The van der Waals surface area contributed by atoms with Gasteiger partial charge in [0, 0.05) is 6.54 Å². The minimum absolute atomic E-state index is 0.0588. The van der Waals surface area contributed by atoms with Gasteiger partial charge in [0.05, 0.1) is 18.8 Å². The summed E-state index contributed by atoms with van der Waals surface area (Å²) in [5.41, 5.74) is 5.19. The maximum atomic E-state index is 11.7. The van der Waals surface area contributed by atoms with Gasteiger partial charge in [-0.05, 0) is 12.8 Å². The summed E-state index contributed by atoms with van der Waals surface area (Å²) in [7, 11) is 0. The third-order valence-electron chi connectivity index (χ3n) is 2.89. The second kappa shape index (κ2) is 5.84. The molecule has 0 saturated heterocycles. The van der Waals surface area contributed by atoms with E-state index in [2.05, 4.69) is 4.74 Å². The van der Waals surface area contributed by atoms with Crippen molar-refractivity contribution in [2.24, 2.45) is 5.73 Å². The fourth-order valence-electron chi connectivity index (χ4n) is 2.02. The molecular formula is C10H18F3NO2. The molecule has 0 aromatic rings. The van der Waals surface area contributed by atoms with E-state index in [0.717, 1.165) is 32.1 Å². The highest BCUT2D eigenvalue weighted by atomic mass is 19.4. The minimum Gasteiger partial charge on any atom is -0.371 e. The Morgan fingerprint density at radius 2 is 1.69 bits per heavy atom. The summed E-state index contributed by atoms with van der Waals surface area (Å²) in [6, 6.07) is 0. The summed E-state index contributed by atoms with van der Waals surface area (Å²) < 4.78 is 44.2. The summed E-state index contributed by atoms with van der Waals surface area (Å²) in [4.78, 5) is 0. The molecule has 0 radical (unpaired) electrons. The highest BCUT2D eigenvalue weighted by Crippen LogP contribution is 2.30. The van der Waals surface area contributed by atoms with Crippen molar-refractivity contribution in [3.63, 3.8) is 0 Å². The van der Waals surface area contributed by atoms with Crippen LogP contribution in [0.1, 0.15) is 32.1 Å². The van der Waals surface area contributed by atoms with Crippen molar-refractivity contribution in [3.8, 4) is 0 Å². The molecule has 1 saturated carbocycles. The molecule has 1 fully saturated rings. The summed E-state index contributed by atoms with van der Waals surface area (Å²) in [5, 5.41) is 0. The maximum Gasteiger partial charge on any atom is 0.522 e. The van der Waals surface area contributed by atoms with Crippen LogP contribution in [0.2, 0.25) is 0 Å². The Balaban J connectivity index is 2.23. The first kappa shape index (κ1) is 13.7. The molecule has 0 bridgehead atoms. The lowest BCUT2D eigenvalue weighted by Gasteiger charge is -2.36. The predicted octanol–water partition coefficient (Wildman–Crippen LogP) is 2.20. The molecule has 16 heavy (non-hydrogen) atoms. The number of rotatable bonds is 5. The molecule has 0 spiro atoms. The third kappa shape index (κ3) is 4.67. The lowest BCUT2D eigenvalue weighted by Crippen LogP contribution is -2.43. The minimum atomic E-state index is -4.58. The molecule has 96 valence electrons. The normalized spacial score (nSPS) is 21.0. The molecule has 0 heterocycles. The third-order valence-corrected chi connectivity index (χ3v) is 2.89. The average Bonchev–Trinajstić information content (AvgIpc) is 2.25. The van der Waals surface area contributed by atoms with Crippen LogP contribution in [0.4, 0.5) is 13.2 Å². The molecular weight excluding hydrogens is 223 g/mol. The van der Waals surface area contributed by atoms with Crippen LogP contribution in [0, 0.1) is 0 Å². The molecule has 0 aliphatic heterocycles. The highest BCUT2D eigenvalue weighted by Gasteiger charge is 2.32. The van der Waals surface area contributed by atoms with Crippen molar-refractivity contribution in [1.29, 1.82) is 0 Å². The lowest BCUT2D eigenvalue weighted by molar-refractivity contribution is -0.328. The van der Waals surface area contributed by atoms with Gasteiger partial charge in [0.2, 0.25) is 0 Å². The molecule has 6 heteroatoms. The van der Waals surface area contributed by atoms with Crippen molar-refractivity contribution in [1.82, 2.24) is 0 Å². The largest absolute Gasteiger partial charge is 0.522 e. The Bertz CT molecular complexity index is 203.